The summed E-state index contributed by atoms with van der Waals surface area (Å²) in [5.41, 5.74) is 3.14. The van der Waals surface area contributed by atoms with Gasteiger partial charge in [-0.3, -0.25) is 4.84 Å². The van der Waals surface area contributed by atoms with Gasteiger partial charge in [0.25, 0.3) is 0 Å². The molecule has 0 unspecified atom stereocenters. The van der Waals surface area contributed by atoms with Crippen LogP contribution in [0.4, 0.5) is 0 Å². The summed E-state index contributed by atoms with van der Waals surface area (Å²) in [6, 6.07) is 0. The van der Waals surface area contributed by atoms with E-state index in [1.807, 2.05) is 0 Å². The molecule has 2 nitrogen and oxygen atoms in total. The fraction of sp³-hybridized carbons (Fsp3) is 1.00. The Morgan fingerprint density at radius 1 is 0.867 bits per heavy atom. The number of nitrogens with one attached hydrogen (secondary N) is 1. The number of hydroxylamine groups is 1. The molecule has 0 radical (unpaired) electrons. The summed E-state index contributed by atoms with van der Waals surface area (Å²) in [6.45, 7) is 9.66. The van der Waals surface area contributed by atoms with Gasteiger partial charge >= 0.3 is 0 Å². The van der Waals surface area contributed by atoms with Crippen LogP contribution in [0.1, 0.15) is 66.2 Å². The van der Waals surface area contributed by atoms with E-state index in [1.165, 1.54) is 38.5 Å². The lowest BCUT2D eigenvalue weighted by Crippen LogP contribution is -2.38. The van der Waals surface area contributed by atoms with Crippen molar-refractivity contribution < 1.29 is 4.84 Å². The largest absolute Gasteiger partial charge is 0.295 e. The molecule has 0 spiro atoms. The van der Waals surface area contributed by atoms with Crippen LogP contribution in [0.2, 0.25) is 0 Å². The average Bonchev–Trinajstić information content (AvgIpc) is 2.16. The van der Waals surface area contributed by atoms with Crippen molar-refractivity contribution in [2.45, 2.75) is 71.8 Å². The fourth-order valence-corrected chi connectivity index (χ4v) is 2.12. The van der Waals surface area contributed by atoms with Gasteiger partial charge in [-0.25, -0.2) is 5.48 Å². The molecule has 1 N–H and O–H groups in total. The molecule has 0 aromatic rings. The Bertz CT molecular complexity index is 114. The second kappa shape index (κ2) is 10.7. The first-order chi connectivity index (χ1) is 6.74. The molecule has 0 aliphatic rings. The summed E-state index contributed by atoms with van der Waals surface area (Å²) in [5, 5.41) is 0. The Morgan fingerprint density at radius 3 is 1.53 bits per heavy atom. The third-order valence-corrected chi connectivity index (χ3v) is 2.55. The first-order valence-corrected chi connectivity index (χ1v) is 6.15. The molecule has 0 amide bonds. The highest BCUT2D eigenvalue weighted by molar-refractivity contribution is 5.85. The van der Waals surface area contributed by atoms with E-state index in [2.05, 4.69) is 33.2 Å². The summed E-state index contributed by atoms with van der Waals surface area (Å²) < 4.78 is 0. The minimum Gasteiger partial charge on any atom is -0.295 e. The average molecular weight is 238 g/mol. The summed E-state index contributed by atoms with van der Waals surface area (Å²) in [7, 11) is 0. The van der Waals surface area contributed by atoms with Crippen molar-refractivity contribution in [2.75, 3.05) is 6.54 Å². The molecule has 3 heteroatoms. The molecule has 15 heavy (non-hydrogen) atoms. The van der Waals surface area contributed by atoms with Crippen molar-refractivity contribution in [3.8, 4) is 0 Å². The van der Waals surface area contributed by atoms with E-state index in [1.54, 1.807) is 0 Å². The Hall–Kier alpha value is 0.210. The maximum Gasteiger partial charge on any atom is 0.0896 e. The maximum absolute atomic E-state index is 5.85. The standard InChI is InChI=1S/C12H27NO.ClH/c1-5-9-12(10-6-2,11-7-3)14-13-8-4;/h13H,5-11H2,1-4H3;1H. The van der Waals surface area contributed by atoms with Crippen molar-refractivity contribution in [1.29, 1.82) is 0 Å². The topological polar surface area (TPSA) is 21.3 Å². The smallest absolute Gasteiger partial charge is 0.0896 e. The van der Waals surface area contributed by atoms with Gasteiger partial charge in [0.2, 0.25) is 0 Å². The molecular formula is C12H28ClNO. The molecular weight excluding hydrogens is 210 g/mol. The SMILES string of the molecule is CCCC(CCC)(CCC)ONCC.Cl. The fourth-order valence-electron chi connectivity index (χ4n) is 2.12. The van der Waals surface area contributed by atoms with Gasteiger partial charge < -0.3 is 0 Å². The number of hydrogen-bond acceptors (Lipinski definition) is 2. The van der Waals surface area contributed by atoms with E-state index in [4.69, 9.17) is 4.84 Å². The second-order valence-electron chi connectivity index (χ2n) is 4.03. The van der Waals surface area contributed by atoms with E-state index < -0.39 is 0 Å². The van der Waals surface area contributed by atoms with Crippen molar-refractivity contribution in [2.24, 2.45) is 0 Å². The van der Waals surface area contributed by atoms with Crippen molar-refractivity contribution in [3.05, 3.63) is 0 Å². The maximum atomic E-state index is 5.85. The van der Waals surface area contributed by atoms with Crippen LogP contribution in [-0.4, -0.2) is 12.1 Å². The van der Waals surface area contributed by atoms with Crippen LogP contribution in [0.15, 0.2) is 0 Å². The van der Waals surface area contributed by atoms with E-state index in [-0.39, 0.29) is 18.0 Å². The minimum absolute atomic E-state index is 0. The molecule has 0 bridgehead atoms. The zero-order chi connectivity index (χ0) is 10.9. The van der Waals surface area contributed by atoms with Crippen LogP contribution in [0.5, 0.6) is 0 Å². The summed E-state index contributed by atoms with van der Waals surface area (Å²) >= 11 is 0. The monoisotopic (exact) mass is 237 g/mol. The van der Waals surface area contributed by atoms with Gasteiger partial charge in [0.15, 0.2) is 0 Å². The first kappa shape index (κ1) is 17.6. The molecule has 0 atom stereocenters. The molecule has 0 saturated carbocycles. The third kappa shape index (κ3) is 7.15. The summed E-state index contributed by atoms with van der Waals surface area (Å²) in [5.74, 6) is 0. The Balaban J connectivity index is 0. The minimum atomic E-state index is 0. The zero-order valence-corrected chi connectivity index (χ0v) is 11.6. The number of hydrogen-bond donors (Lipinski definition) is 1. The lowest BCUT2D eigenvalue weighted by atomic mass is 9.88. The van der Waals surface area contributed by atoms with Crippen LogP contribution in [0, 0.1) is 0 Å². The lowest BCUT2D eigenvalue weighted by molar-refractivity contribution is -0.120. The van der Waals surface area contributed by atoms with Crippen LogP contribution in [0.3, 0.4) is 0 Å². The van der Waals surface area contributed by atoms with Gasteiger partial charge in [0.05, 0.1) is 5.60 Å². The van der Waals surface area contributed by atoms with Crippen molar-refractivity contribution in [1.82, 2.24) is 5.48 Å². The van der Waals surface area contributed by atoms with Crippen molar-refractivity contribution >= 4 is 12.4 Å². The number of halogens is 1. The van der Waals surface area contributed by atoms with Gasteiger partial charge in [-0.15, -0.1) is 12.4 Å². The predicted octanol–water partition coefficient (Wildman–Crippen LogP) is 4.09. The normalized spacial score (nSPS) is 11.2. The van der Waals surface area contributed by atoms with Gasteiger partial charge in [-0.2, -0.15) is 0 Å². The highest BCUT2D eigenvalue weighted by Gasteiger charge is 2.28. The Morgan fingerprint density at radius 2 is 1.27 bits per heavy atom. The summed E-state index contributed by atoms with van der Waals surface area (Å²) in [6.07, 6.45) is 7.10. The van der Waals surface area contributed by atoms with Gasteiger partial charge in [0.1, 0.15) is 0 Å². The predicted molar refractivity (Wildman–Crippen MR) is 69.5 cm³/mol. The molecule has 0 aliphatic heterocycles. The Labute approximate surface area is 102 Å². The third-order valence-electron chi connectivity index (χ3n) is 2.55. The number of rotatable bonds is 9. The second-order valence-corrected chi connectivity index (χ2v) is 4.03. The van der Waals surface area contributed by atoms with Gasteiger partial charge in [0, 0.05) is 6.54 Å². The first-order valence-electron chi connectivity index (χ1n) is 6.15. The molecule has 0 aliphatic carbocycles. The highest BCUT2D eigenvalue weighted by Crippen LogP contribution is 2.28. The van der Waals surface area contributed by atoms with Gasteiger partial charge in [-0.1, -0.05) is 47.0 Å². The van der Waals surface area contributed by atoms with Crippen LogP contribution in [-0.2, 0) is 4.84 Å². The molecule has 0 fully saturated rings. The van der Waals surface area contributed by atoms with Gasteiger partial charge in [-0.05, 0) is 19.3 Å². The van der Waals surface area contributed by atoms with Crippen molar-refractivity contribution in [3.63, 3.8) is 0 Å². The Kier molecular flexibility index (Phi) is 12.6. The zero-order valence-electron chi connectivity index (χ0n) is 10.8. The van der Waals surface area contributed by atoms with E-state index in [0.717, 1.165) is 6.54 Å². The summed E-state index contributed by atoms with van der Waals surface area (Å²) in [4.78, 5) is 5.85. The highest BCUT2D eigenvalue weighted by atomic mass is 35.5. The molecule has 0 saturated heterocycles. The molecule has 0 aromatic carbocycles. The van der Waals surface area contributed by atoms with E-state index >= 15 is 0 Å². The molecule has 0 heterocycles. The molecule has 94 valence electrons. The van der Waals surface area contributed by atoms with E-state index in [0.29, 0.717) is 0 Å². The molecule has 0 aromatic heterocycles. The lowest BCUT2D eigenvalue weighted by Gasteiger charge is -2.33. The van der Waals surface area contributed by atoms with E-state index in [9.17, 15) is 0 Å². The quantitative estimate of drug-likeness (QED) is 0.610. The van der Waals surface area contributed by atoms with Crippen LogP contribution >= 0.6 is 12.4 Å². The molecule has 0 rings (SSSR count). The van der Waals surface area contributed by atoms with Crippen LogP contribution in [0.25, 0.3) is 0 Å². The van der Waals surface area contributed by atoms with Crippen LogP contribution < -0.4 is 5.48 Å².